The van der Waals surface area contributed by atoms with Gasteiger partial charge in [0.1, 0.15) is 5.82 Å². The quantitative estimate of drug-likeness (QED) is 0.664. The summed E-state index contributed by atoms with van der Waals surface area (Å²) in [6.07, 6.45) is -0.135. The first-order valence-corrected chi connectivity index (χ1v) is 8.95. The van der Waals surface area contributed by atoms with Gasteiger partial charge in [-0.15, -0.1) is 11.3 Å². The van der Waals surface area contributed by atoms with E-state index in [-0.39, 0.29) is 22.9 Å². The van der Waals surface area contributed by atoms with Gasteiger partial charge < -0.3 is 5.32 Å². The number of nitrogens with one attached hydrogen (secondary N) is 1. The number of rotatable bonds is 4. The molecule has 128 valence electrons. The summed E-state index contributed by atoms with van der Waals surface area (Å²) in [5, 5.41) is 5.31. The second-order valence-electron chi connectivity index (χ2n) is 5.76. The van der Waals surface area contributed by atoms with Crippen LogP contribution >= 0.6 is 22.9 Å². The Morgan fingerprint density at radius 2 is 2.04 bits per heavy atom. The number of hydrogen-bond acceptors (Lipinski definition) is 3. The van der Waals surface area contributed by atoms with Gasteiger partial charge in [-0.25, -0.2) is 9.37 Å². The van der Waals surface area contributed by atoms with Crippen LogP contribution < -0.4 is 5.32 Å². The molecule has 0 fully saturated rings. The van der Waals surface area contributed by atoms with E-state index in [4.69, 9.17) is 11.6 Å². The molecule has 25 heavy (non-hydrogen) atoms. The first-order valence-electron chi connectivity index (χ1n) is 7.70. The van der Waals surface area contributed by atoms with Gasteiger partial charge in [0.05, 0.1) is 12.1 Å². The van der Waals surface area contributed by atoms with Gasteiger partial charge in [-0.05, 0) is 43.2 Å². The molecule has 0 bridgehead atoms. The minimum atomic E-state index is -0.488. The summed E-state index contributed by atoms with van der Waals surface area (Å²) in [5.41, 5.74) is 4.39. The van der Waals surface area contributed by atoms with E-state index in [9.17, 15) is 9.18 Å². The summed E-state index contributed by atoms with van der Waals surface area (Å²) in [4.78, 5) is 16.6. The summed E-state index contributed by atoms with van der Waals surface area (Å²) in [5.74, 6) is -0.842. The first kappa shape index (κ1) is 17.6. The van der Waals surface area contributed by atoms with Gasteiger partial charge in [0.15, 0.2) is 5.13 Å². The molecule has 6 heteroatoms. The van der Waals surface area contributed by atoms with E-state index in [1.54, 1.807) is 6.07 Å². The summed E-state index contributed by atoms with van der Waals surface area (Å²) in [7, 11) is 0. The maximum absolute atomic E-state index is 13.8. The molecule has 1 N–H and O–H groups in total. The van der Waals surface area contributed by atoms with E-state index in [2.05, 4.69) is 23.3 Å². The second-order valence-corrected chi connectivity index (χ2v) is 7.03. The number of amides is 1. The van der Waals surface area contributed by atoms with Crippen molar-refractivity contribution in [3.05, 3.63) is 69.3 Å². The molecule has 3 rings (SSSR count). The molecule has 1 amide bonds. The van der Waals surface area contributed by atoms with Crippen LogP contribution in [0.15, 0.2) is 41.8 Å². The number of aromatic nitrogens is 1. The molecule has 1 heterocycles. The lowest BCUT2D eigenvalue weighted by Crippen LogP contribution is -2.15. The predicted molar refractivity (Wildman–Crippen MR) is 101 cm³/mol. The number of nitrogens with zero attached hydrogens (tertiary/aromatic N) is 1. The zero-order valence-electron chi connectivity index (χ0n) is 13.8. The minimum Gasteiger partial charge on any atom is -0.302 e. The van der Waals surface area contributed by atoms with Crippen LogP contribution in [0.3, 0.4) is 0 Å². The molecule has 0 saturated heterocycles. The van der Waals surface area contributed by atoms with Gasteiger partial charge >= 0.3 is 0 Å². The number of halogens is 2. The van der Waals surface area contributed by atoms with Crippen molar-refractivity contribution in [1.29, 1.82) is 0 Å². The molecule has 0 unspecified atom stereocenters. The van der Waals surface area contributed by atoms with Gasteiger partial charge in [0.2, 0.25) is 5.91 Å². The van der Waals surface area contributed by atoms with E-state index >= 15 is 0 Å². The Kier molecular flexibility index (Phi) is 5.16. The summed E-state index contributed by atoms with van der Waals surface area (Å²) >= 11 is 7.29. The predicted octanol–water partition coefficient (Wildman–Crippen LogP) is 5.40. The molecule has 3 nitrogen and oxygen atoms in total. The highest BCUT2D eigenvalue weighted by atomic mass is 35.5. The van der Waals surface area contributed by atoms with Crippen LogP contribution in [-0.2, 0) is 11.2 Å². The average molecular weight is 375 g/mol. The monoisotopic (exact) mass is 374 g/mol. The van der Waals surface area contributed by atoms with Crippen molar-refractivity contribution in [3.63, 3.8) is 0 Å². The van der Waals surface area contributed by atoms with Crippen molar-refractivity contribution in [2.45, 2.75) is 20.3 Å². The molecule has 2 aromatic carbocycles. The van der Waals surface area contributed by atoms with Crippen LogP contribution in [0.4, 0.5) is 9.52 Å². The van der Waals surface area contributed by atoms with Gasteiger partial charge in [0, 0.05) is 21.5 Å². The molecule has 0 radical (unpaired) electrons. The fourth-order valence-corrected chi connectivity index (χ4v) is 3.36. The normalized spacial score (nSPS) is 10.7. The molecular formula is C19H16ClFN2OS. The molecular weight excluding hydrogens is 359 g/mol. The Hall–Kier alpha value is -2.24. The zero-order chi connectivity index (χ0) is 18.0. The fourth-order valence-electron chi connectivity index (χ4n) is 2.39. The average Bonchev–Trinajstić information content (AvgIpc) is 3.02. The fraction of sp³-hybridized carbons (Fsp3) is 0.158. The van der Waals surface area contributed by atoms with Crippen LogP contribution in [0.2, 0.25) is 5.02 Å². The van der Waals surface area contributed by atoms with E-state index in [1.165, 1.54) is 34.6 Å². The molecule has 0 spiro atoms. The number of hydrogen-bond donors (Lipinski definition) is 1. The summed E-state index contributed by atoms with van der Waals surface area (Å²) in [6.45, 7) is 4.10. The van der Waals surface area contributed by atoms with Crippen molar-refractivity contribution in [2.75, 3.05) is 5.32 Å². The molecule has 3 aromatic rings. The maximum Gasteiger partial charge on any atom is 0.230 e. The third kappa shape index (κ3) is 4.06. The second kappa shape index (κ2) is 7.33. The van der Waals surface area contributed by atoms with Gasteiger partial charge in [0.25, 0.3) is 0 Å². The molecule has 0 aliphatic heterocycles. The van der Waals surface area contributed by atoms with Crippen molar-refractivity contribution in [3.8, 4) is 11.3 Å². The van der Waals surface area contributed by atoms with Crippen LogP contribution in [0, 0.1) is 19.7 Å². The Labute approximate surface area is 154 Å². The number of aryl methyl sites for hydroxylation is 2. The highest BCUT2D eigenvalue weighted by Crippen LogP contribution is 2.27. The Balaban J connectivity index is 1.73. The van der Waals surface area contributed by atoms with Crippen molar-refractivity contribution < 1.29 is 9.18 Å². The van der Waals surface area contributed by atoms with E-state index in [0.29, 0.717) is 5.13 Å². The highest BCUT2D eigenvalue weighted by molar-refractivity contribution is 7.14. The topological polar surface area (TPSA) is 42.0 Å². The minimum absolute atomic E-state index is 0.135. The van der Waals surface area contributed by atoms with Crippen molar-refractivity contribution in [1.82, 2.24) is 4.98 Å². The molecule has 1 aromatic heterocycles. The molecule has 0 aliphatic rings. The number of anilines is 1. The van der Waals surface area contributed by atoms with E-state index in [1.807, 2.05) is 24.4 Å². The largest absolute Gasteiger partial charge is 0.302 e. The van der Waals surface area contributed by atoms with Gasteiger partial charge in [-0.2, -0.15) is 0 Å². The lowest BCUT2D eigenvalue weighted by atomic mass is 10.1. The molecule has 0 aliphatic carbocycles. The maximum atomic E-state index is 13.8. The van der Waals surface area contributed by atoms with Gasteiger partial charge in [-0.1, -0.05) is 29.8 Å². The number of carbonyl (C=O) groups is 1. The summed E-state index contributed by atoms with van der Waals surface area (Å²) in [6, 6.07) is 10.5. The SMILES string of the molecule is Cc1ccc(-c2csc(NC(=O)Cc3c(F)cccc3Cl)n2)cc1C. The lowest BCUT2D eigenvalue weighted by molar-refractivity contribution is -0.115. The van der Waals surface area contributed by atoms with E-state index < -0.39 is 5.82 Å². The number of thiazole rings is 1. The van der Waals surface area contributed by atoms with Crippen molar-refractivity contribution in [2.24, 2.45) is 0 Å². The van der Waals surface area contributed by atoms with Crippen LogP contribution in [-0.4, -0.2) is 10.9 Å². The van der Waals surface area contributed by atoms with Crippen molar-refractivity contribution >= 4 is 34.0 Å². The van der Waals surface area contributed by atoms with E-state index in [0.717, 1.165) is 11.3 Å². The highest BCUT2D eigenvalue weighted by Gasteiger charge is 2.14. The molecule has 0 atom stereocenters. The zero-order valence-corrected chi connectivity index (χ0v) is 15.3. The summed E-state index contributed by atoms with van der Waals surface area (Å²) < 4.78 is 13.8. The third-order valence-electron chi connectivity index (χ3n) is 3.95. The van der Waals surface area contributed by atoms with Gasteiger partial charge in [-0.3, -0.25) is 4.79 Å². The van der Waals surface area contributed by atoms with Crippen LogP contribution in [0.1, 0.15) is 16.7 Å². The Bertz CT molecular complexity index is 919. The van der Waals surface area contributed by atoms with Crippen LogP contribution in [0.5, 0.6) is 0 Å². The molecule has 0 saturated carbocycles. The smallest absolute Gasteiger partial charge is 0.230 e. The standard InChI is InChI=1S/C19H16ClFN2OS/c1-11-6-7-13(8-12(11)2)17-10-25-19(22-17)23-18(24)9-14-15(20)4-3-5-16(14)21/h3-8,10H,9H2,1-2H3,(H,22,23,24). The Morgan fingerprint density at radius 1 is 1.24 bits per heavy atom. The lowest BCUT2D eigenvalue weighted by Gasteiger charge is -2.05. The number of benzene rings is 2. The van der Waals surface area contributed by atoms with Crippen LogP contribution in [0.25, 0.3) is 11.3 Å². The third-order valence-corrected chi connectivity index (χ3v) is 5.06. The number of carbonyl (C=O) groups excluding carboxylic acids is 1. The Morgan fingerprint density at radius 3 is 2.76 bits per heavy atom. The first-order chi connectivity index (χ1) is 11.9.